The lowest BCUT2D eigenvalue weighted by molar-refractivity contribution is -0.121. The summed E-state index contributed by atoms with van der Waals surface area (Å²) in [5.41, 5.74) is 6.35. The fourth-order valence-corrected chi connectivity index (χ4v) is 3.26. The maximum atomic E-state index is 13.0. The number of primary amides is 1. The Morgan fingerprint density at radius 2 is 2.00 bits per heavy atom. The third-order valence-corrected chi connectivity index (χ3v) is 4.46. The molecule has 94 valence electrons. The van der Waals surface area contributed by atoms with Gasteiger partial charge in [0.2, 0.25) is 5.91 Å². The van der Waals surface area contributed by atoms with E-state index in [0.717, 1.165) is 5.56 Å². The number of benzene rings is 1. The first-order valence-corrected chi connectivity index (χ1v) is 6.79. The lowest BCUT2D eigenvalue weighted by Crippen LogP contribution is -2.39. The first-order valence-electron chi connectivity index (χ1n) is 5.56. The van der Waals surface area contributed by atoms with E-state index in [2.05, 4.69) is 0 Å². The number of nitrogens with two attached hydrogens (primary N) is 1. The van der Waals surface area contributed by atoms with Crippen LogP contribution >= 0.6 is 11.8 Å². The highest BCUT2D eigenvalue weighted by atomic mass is 32.2. The first kappa shape index (κ1) is 12.9. The number of carbonyl (C=O) groups is 1. The van der Waals surface area contributed by atoms with Gasteiger partial charge in [0.1, 0.15) is 5.82 Å². The normalized spacial score (nSPS) is 26.2. The van der Waals surface area contributed by atoms with Gasteiger partial charge in [-0.1, -0.05) is 36.4 Å². The molecule has 0 radical (unpaired) electrons. The minimum atomic E-state index is -0.547. The van der Waals surface area contributed by atoms with Crippen LogP contribution in [0.4, 0.5) is 4.39 Å². The minimum Gasteiger partial charge on any atom is -0.369 e. The molecule has 2 rings (SSSR count). The molecule has 0 aliphatic heterocycles. The summed E-state index contributed by atoms with van der Waals surface area (Å²) < 4.78 is 12.5. The molecule has 1 aromatic carbocycles. The van der Waals surface area contributed by atoms with Crippen molar-refractivity contribution in [1.29, 1.82) is 0 Å². The third-order valence-electron chi connectivity index (χ3n) is 3.16. The Kier molecular flexibility index (Phi) is 3.57. The molecule has 1 aromatic rings. The highest BCUT2D eigenvalue weighted by Gasteiger charge is 2.40. The zero-order valence-corrected chi connectivity index (χ0v) is 10.8. The van der Waals surface area contributed by atoms with Gasteiger partial charge >= 0.3 is 0 Å². The van der Waals surface area contributed by atoms with Crippen LogP contribution in [0.5, 0.6) is 0 Å². The third kappa shape index (κ3) is 2.08. The predicted molar refractivity (Wildman–Crippen MR) is 72.6 cm³/mol. The number of halogens is 1. The quantitative estimate of drug-likeness (QED) is 0.911. The standard InChI is InChI=1S/C14H14FNOS/c1-18-14(10-5-7-11(15)8-6-10)9-3-2-4-12(14)13(16)17/h2-9,12H,1H3,(H2,16,17). The lowest BCUT2D eigenvalue weighted by atomic mass is 9.81. The topological polar surface area (TPSA) is 43.1 Å². The largest absolute Gasteiger partial charge is 0.369 e. The van der Waals surface area contributed by atoms with Gasteiger partial charge in [-0.2, -0.15) is 0 Å². The highest BCUT2D eigenvalue weighted by molar-refractivity contribution is 7.99. The van der Waals surface area contributed by atoms with Gasteiger partial charge < -0.3 is 5.73 Å². The van der Waals surface area contributed by atoms with Gasteiger partial charge in [0.15, 0.2) is 0 Å². The first-order chi connectivity index (χ1) is 8.60. The van der Waals surface area contributed by atoms with E-state index in [0.29, 0.717) is 0 Å². The minimum absolute atomic E-state index is 0.291. The zero-order valence-electron chi connectivity index (χ0n) is 9.97. The second kappa shape index (κ2) is 4.98. The van der Waals surface area contributed by atoms with Gasteiger partial charge in [-0.05, 0) is 24.0 Å². The molecule has 1 amide bonds. The van der Waals surface area contributed by atoms with E-state index in [1.54, 1.807) is 18.2 Å². The molecule has 2 unspecified atom stereocenters. The monoisotopic (exact) mass is 263 g/mol. The Bertz CT molecular complexity index is 509. The average Bonchev–Trinajstić information content (AvgIpc) is 2.39. The number of thioether (sulfide) groups is 1. The van der Waals surface area contributed by atoms with Gasteiger partial charge in [-0.25, -0.2) is 4.39 Å². The molecule has 1 aliphatic carbocycles. The Balaban J connectivity index is 2.52. The Labute approximate surface area is 110 Å². The fraction of sp³-hybridized carbons (Fsp3) is 0.214. The molecule has 0 fully saturated rings. The molecule has 0 saturated carbocycles. The Hall–Kier alpha value is -1.55. The molecule has 2 nitrogen and oxygen atoms in total. The molecular formula is C14H14FNOS. The molecule has 0 aromatic heterocycles. The average molecular weight is 263 g/mol. The molecule has 0 spiro atoms. The van der Waals surface area contributed by atoms with E-state index >= 15 is 0 Å². The number of hydrogen-bond donors (Lipinski definition) is 1. The van der Waals surface area contributed by atoms with Crippen molar-refractivity contribution in [2.75, 3.05) is 6.26 Å². The Morgan fingerprint density at radius 3 is 2.56 bits per heavy atom. The van der Waals surface area contributed by atoms with Gasteiger partial charge in [0.05, 0.1) is 10.7 Å². The summed E-state index contributed by atoms with van der Waals surface area (Å²) >= 11 is 1.53. The van der Waals surface area contributed by atoms with Crippen LogP contribution in [0.1, 0.15) is 5.56 Å². The molecule has 0 heterocycles. The molecule has 2 atom stereocenters. The van der Waals surface area contributed by atoms with Crippen LogP contribution in [0, 0.1) is 11.7 Å². The van der Waals surface area contributed by atoms with Crippen LogP contribution in [0.15, 0.2) is 48.6 Å². The highest BCUT2D eigenvalue weighted by Crippen LogP contribution is 2.45. The van der Waals surface area contributed by atoms with Gasteiger partial charge in [-0.3, -0.25) is 4.79 Å². The SMILES string of the molecule is CSC1(c2ccc(F)cc2)C=CC=CC1C(N)=O. The summed E-state index contributed by atoms with van der Waals surface area (Å²) in [5.74, 6) is -1.10. The number of allylic oxidation sites excluding steroid dienone is 2. The molecule has 0 bridgehead atoms. The van der Waals surface area contributed by atoms with Crippen molar-refractivity contribution in [3.8, 4) is 0 Å². The molecule has 0 saturated heterocycles. The van der Waals surface area contributed by atoms with E-state index in [4.69, 9.17) is 5.73 Å². The van der Waals surface area contributed by atoms with E-state index in [1.165, 1.54) is 23.9 Å². The molecule has 4 heteroatoms. The second-order valence-electron chi connectivity index (χ2n) is 4.13. The summed E-state index contributed by atoms with van der Waals surface area (Å²) in [5, 5.41) is 0. The van der Waals surface area contributed by atoms with Crippen LogP contribution in [0.25, 0.3) is 0 Å². The van der Waals surface area contributed by atoms with Crippen molar-refractivity contribution < 1.29 is 9.18 Å². The lowest BCUT2D eigenvalue weighted by Gasteiger charge is -2.36. The van der Waals surface area contributed by atoms with E-state index in [1.807, 2.05) is 24.5 Å². The molecule has 2 N–H and O–H groups in total. The summed E-state index contributed by atoms with van der Waals surface area (Å²) in [6, 6.07) is 6.20. The summed E-state index contributed by atoms with van der Waals surface area (Å²) in [4.78, 5) is 11.6. The van der Waals surface area contributed by atoms with Crippen LogP contribution in [0.2, 0.25) is 0 Å². The van der Waals surface area contributed by atoms with Gasteiger partial charge in [-0.15, -0.1) is 11.8 Å². The fourth-order valence-electron chi connectivity index (χ4n) is 2.23. The summed E-state index contributed by atoms with van der Waals surface area (Å²) in [6.45, 7) is 0. The molecule has 1 aliphatic rings. The molecular weight excluding hydrogens is 249 g/mol. The van der Waals surface area contributed by atoms with Crippen molar-refractivity contribution in [3.63, 3.8) is 0 Å². The summed E-state index contributed by atoms with van der Waals surface area (Å²) in [7, 11) is 0. The van der Waals surface area contributed by atoms with E-state index in [-0.39, 0.29) is 11.7 Å². The number of hydrogen-bond acceptors (Lipinski definition) is 2. The maximum absolute atomic E-state index is 13.0. The Morgan fingerprint density at radius 1 is 1.33 bits per heavy atom. The van der Waals surface area contributed by atoms with Crippen molar-refractivity contribution in [3.05, 3.63) is 60.0 Å². The smallest absolute Gasteiger partial charge is 0.226 e. The number of amides is 1. The van der Waals surface area contributed by atoms with Crippen LogP contribution < -0.4 is 5.73 Å². The van der Waals surface area contributed by atoms with Crippen molar-refractivity contribution in [2.24, 2.45) is 11.7 Å². The zero-order chi connectivity index (χ0) is 13.2. The van der Waals surface area contributed by atoms with E-state index < -0.39 is 10.7 Å². The number of carbonyl (C=O) groups excluding carboxylic acids is 1. The summed E-state index contributed by atoms with van der Waals surface area (Å²) in [6.07, 6.45) is 9.36. The van der Waals surface area contributed by atoms with Crippen molar-refractivity contribution in [2.45, 2.75) is 4.75 Å². The predicted octanol–water partition coefficient (Wildman–Crippen LogP) is 2.61. The van der Waals surface area contributed by atoms with Crippen LogP contribution in [-0.2, 0) is 9.54 Å². The van der Waals surface area contributed by atoms with Crippen molar-refractivity contribution >= 4 is 17.7 Å². The van der Waals surface area contributed by atoms with Gasteiger partial charge in [0, 0.05) is 0 Å². The van der Waals surface area contributed by atoms with Crippen LogP contribution in [0.3, 0.4) is 0 Å². The number of rotatable bonds is 3. The molecule has 18 heavy (non-hydrogen) atoms. The van der Waals surface area contributed by atoms with E-state index in [9.17, 15) is 9.18 Å². The van der Waals surface area contributed by atoms with Gasteiger partial charge in [0.25, 0.3) is 0 Å². The van der Waals surface area contributed by atoms with Crippen molar-refractivity contribution in [1.82, 2.24) is 0 Å². The maximum Gasteiger partial charge on any atom is 0.226 e. The van der Waals surface area contributed by atoms with Crippen LogP contribution in [-0.4, -0.2) is 12.2 Å². The second-order valence-corrected chi connectivity index (χ2v) is 5.21.